The van der Waals surface area contributed by atoms with Gasteiger partial charge < -0.3 is 0 Å². The first-order chi connectivity index (χ1) is 13.8. The third-order valence-corrected chi connectivity index (χ3v) is 4.28. The highest BCUT2D eigenvalue weighted by Gasteiger charge is 2.15. The Kier molecular flexibility index (Phi) is 6.06. The van der Waals surface area contributed by atoms with Crippen LogP contribution in [-0.4, -0.2) is 4.98 Å². The van der Waals surface area contributed by atoms with Crippen molar-refractivity contribution < 1.29 is 26.3 Å². The Bertz CT molecular complexity index is 1050. The molecule has 29 heavy (non-hydrogen) atoms. The van der Waals surface area contributed by atoms with Gasteiger partial charge in [-0.1, -0.05) is 25.1 Å². The zero-order valence-electron chi connectivity index (χ0n) is 15.2. The molecule has 3 aromatic rings. The topological polar surface area (TPSA) is 12.9 Å². The summed E-state index contributed by atoms with van der Waals surface area (Å²) in [4.78, 5) is 4.02. The van der Waals surface area contributed by atoms with Crippen molar-refractivity contribution in [3.05, 3.63) is 83.3 Å². The van der Waals surface area contributed by atoms with Crippen LogP contribution in [0.4, 0.5) is 26.3 Å². The number of pyridine rings is 1. The molecule has 1 heterocycles. The van der Waals surface area contributed by atoms with E-state index in [9.17, 15) is 26.3 Å². The molecule has 0 spiro atoms. The summed E-state index contributed by atoms with van der Waals surface area (Å²) in [5.41, 5.74) is 0.368. The van der Waals surface area contributed by atoms with E-state index in [4.69, 9.17) is 0 Å². The summed E-state index contributed by atoms with van der Waals surface area (Å²) in [7, 11) is 0. The molecule has 3 rings (SSSR count). The van der Waals surface area contributed by atoms with E-state index in [2.05, 4.69) is 4.98 Å². The Morgan fingerprint density at radius 3 is 2.07 bits per heavy atom. The predicted molar refractivity (Wildman–Crippen MR) is 99.0 cm³/mol. The largest absolute Gasteiger partial charge is 0.256 e. The van der Waals surface area contributed by atoms with Crippen LogP contribution in [0.3, 0.4) is 0 Å². The molecule has 0 fully saturated rings. The van der Waals surface area contributed by atoms with Crippen molar-refractivity contribution in [3.63, 3.8) is 0 Å². The van der Waals surface area contributed by atoms with Crippen LogP contribution >= 0.6 is 0 Å². The first kappa shape index (κ1) is 20.6. The molecule has 0 atom stereocenters. The maximum atomic E-state index is 14.4. The SMILES string of the molecule is CCC/C(F)=C(\F)c1ccc(-c2ccc(-c3cc(F)c(F)c(F)c3)nc2)c(F)c1. The average molecular weight is 407 g/mol. The van der Waals surface area contributed by atoms with Gasteiger partial charge in [-0.3, -0.25) is 4.98 Å². The van der Waals surface area contributed by atoms with Crippen molar-refractivity contribution in [3.8, 4) is 22.4 Å². The van der Waals surface area contributed by atoms with E-state index in [0.717, 1.165) is 18.2 Å². The van der Waals surface area contributed by atoms with Gasteiger partial charge in [0, 0.05) is 34.9 Å². The predicted octanol–water partition coefficient (Wildman–Crippen LogP) is 7.38. The van der Waals surface area contributed by atoms with Gasteiger partial charge in [-0.25, -0.2) is 26.3 Å². The molecule has 0 aliphatic carbocycles. The smallest absolute Gasteiger partial charge is 0.194 e. The summed E-state index contributed by atoms with van der Waals surface area (Å²) >= 11 is 0. The molecule has 0 bridgehead atoms. The van der Waals surface area contributed by atoms with Crippen molar-refractivity contribution in [1.29, 1.82) is 0 Å². The van der Waals surface area contributed by atoms with Gasteiger partial charge in [0.2, 0.25) is 0 Å². The lowest BCUT2D eigenvalue weighted by Crippen LogP contribution is -1.94. The maximum Gasteiger partial charge on any atom is 0.194 e. The van der Waals surface area contributed by atoms with Crippen LogP contribution in [0.1, 0.15) is 25.3 Å². The normalized spacial score (nSPS) is 12.1. The number of rotatable bonds is 5. The van der Waals surface area contributed by atoms with Crippen LogP contribution in [0.2, 0.25) is 0 Å². The van der Waals surface area contributed by atoms with Crippen LogP contribution in [0, 0.1) is 23.3 Å². The fourth-order valence-electron chi connectivity index (χ4n) is 2.80. The lowest BCUT2D eigenvalue weighted by molar-refractivity contribution is 0.447. The Balaban J connectivity index is 1.92. The summed E-state index contributed by atoms with van der Waals surface area (Å²) in [6, 6.07) is 7.86. The van der Waals surface area contributed by atoms with Crippen molar-refractivity contribution >= 4 is 5.83 Å². The number of nitrogens with zero attached hydrogens (tertiary/aromatic N) is 1. The highest BCUT2D eigenvalue weighted by atomic mass is 19.2. The molecule has 7 heteroatoms. The van der Waals surface area contributed by atoms with Crippen LogP contribution < -0.4 is 0 Å². The summed E-state index contributed by atoms with van der Waals surface area (Å²) in [6.45, 7) is 1.70. The Morgan fingerprint density at radius 1 is 0.828 bits per heavy atom. The third-order valence-electron chi connectivity index (χ3n) is 4.28. The summed E-state index contributed by atoms with van der Waals surface area (Å²) in [5.74, 6) is -7.11. The summed E-state index contributed by atoms with van der Waals surface area (Å²) in [5, 5.41) is 0. The van der Waals surface area contributed by atoms with Crippen molar-refractivity contribution in [2.45, 2.75) is 19.8 Å². The number of aromatic nitrogens is 1. The highest BCUT2D eigenvalue weighted by Crippen LogP contribution is 2.30. The van der Waals surface area contributed by atoms with Gasteiger partial charge >= 0.3 is 0 Å². The highest BCUT2D eigenvalue weighted by molar-refractivity contribution is 5.70. The first-order valence-corrected chi connectivity index (χ1v) is 8.77. The molecule has 1 nitrogen and oxygen atoms in total. The first-order valence-electron chi connectivity index (χ1n) is 8.77. The van der Waals surface area contributed by atoms with Crippen molar-refractivity contribution in [2.24, 2.45) is 0 Å². The van der Waals surface area contributed by atoms with Crippen LogP contribution in [0.5, 0.6) is 0 Å². The van der Waals surface area contributed by atoms with E-state index in [1.165, 1.54) is 30.5 Å². The number of benzene rings is 2. The molecule has 0 saturated heterocycles. The number of allylic oxidation sites excluding steroid dienone is 1. The Morgan fingerprint density at radius 2 is 1.52 bits per heavy atom. The summed E-state index contributed by atoms with van der Waals surface area (Å²) < 4.78 is 81.9. The monoisotopic (exact) mass is 407 g/mol. The van der Waals surface area contributed by atoms with E-state index >= 15 is 0 Å². The van der Waals surface area contributed by atoms with E-state index in [0.29, 0.717) is 12.0 Å². The quantitative estimate of drug-likeness (QED) is 0.318. The van der Waals surface area contributed by atoms with E-state index in [1.807, 2.05) is 0 Å². The van der Waals surface area contributed by atoms with Gasteiger partial charge in [-0.15, -0.1) is 0 Å². The van der Waals surface area contributed by atoms with Gasteiger partial charge in [0.05, 0.1) is 5.69 Å². The molecule has 0 amide bonds. The van der Waals surface area contributed by atoms with Gasteiger partial charge in [0.1, 0.15) is 11.6 Å². The minimum absolute atomic E-state index is 0.0161. The second kappa shape index (κ2) is 8.51. The van der Waals surface area contributed by atoms with Crippen LogP contribution in [0.15, 0.2) is 54.5 Å². The summed E-state index contributed by atoms with van der Waals surface area (Å²) in [6.07, 6.45) is 1.60. The van der Waals surface area contributed by atoms with Crippen molar-refractivity contribution in [2.75, 3.05) is 0 Å². The van der Waals surface area contributed by atoms with Gasteiger partial charge in [0.15, 0.2) is 23.3 Å². The molecule has 2 aromatic carbocycles. The maximum absolute atomic E-state index is 14.4. The molecule has 0 N–H and O–H groups in total. The lowest BCUT2D eigenvalue weighted by atomic mass is 10.0. The standard InChI is InChI=1S/C22H15F6N/c1-2-3-16(23)21(27)12-4-6-15(17(24)8-12)13-5-7-20(29-11-13)14-9-18(25)22(28)19(26)10-14/h4-11H,2-3H2,1H3/b21-16+. The second-order valence-corrected chi connectivity index (χ2v) is 6.35. The number of halogens is 6. The lowest BCUT2D eigenvalue weighted by Gasteiger charge is -2.08. The molecule has 0 radical (unpaired) electrons. The van der Waals surface area contributed by atoms with Gasteiger partial charge in [-0.2, -0.15) is 0 Å². The number of hydrogen-bond donors (Lipinski definition) is 0. The molecule has 0 saturated carbocycles. The minimum atomic E-state index is -1.58. The van der Waals surface area contributed by atoms with Crippen molar-refractivity contribution in [1.82, 2.24) is 4.98 Å². The van der Waals surface area contributed by atoms with Gasteiger partial charge in [0.25, 0.3) is 0 Å². The zero-order chi connectivity index (χ0) is 21.1. The molecule has 150 valence electrons. The zero-order valence-corrected chi connectivity index (χ0v) is 15.2. The Labute approximate surface area is 163 Å². The molecule has 1 aromatic heterocycles. The third kappa shape index (κ3) is 4.34. The second-order valence-electron chi connectivity index (χ2n) is 6.35. The fourth-order valence-corrected chi connectivity index (χ4v) is 2.80. The molecule has 0 unspecified atom stereocenters. The van der Waals surface area contributed by atoms with Crippen LogP contribution in [-0.2, 0) is 0 Å². The van der Waals surface area contributed by atoms with E-state index in [-0.39, 0.29) is 28.8 Å². The van der Waals surface area contributed by atoms with Crippen LogP contribution in [0.25, 0.3) is 28.2 Å². The van der Waals surface area contributed by atoms with E-state index < -0.39 is 34.9 Å². The average Bonchev–Trinajstić information content (AvgIpc) is 2.71. The molecular weight excluding hydrogens is 392 g/mol. The van der Waals surface area contributed by atoms with E-state index in [1.54, 1.807) is 6.92 Å². The number of hydrogen-bond acceptors (Lipinski definition) is 1. The fraction of sp³-hybridized carbons (Fsp3) is 0.136. The minimum Gasteiger partial charge on any atom is -0.256 e. The molecular formula is C22H15F6N. The molecule has 0 aliphatic heterocycles. The van der Waals surface area contributed by atoms with Gasteiger partial charge in [-0.05, 0) is 30.7 Å². The molecule has 0 aliphatic rings. The Hall–Kier alpha value is -3.09.